The summed E-state index contributed by atoms with van der Waals surface area (Å²) in [5.41, 5.74) is 5.38. The number of hydrogen-bond acceptors (Lipinski definition) is 5. The number of halogens is 1. The number of nitrogens with zero attached hydrogens (tertiary/aromatic N) is 3. The number of anilines is 1. The Hall–Kier alpha value is -0.960. The monoisotopic (exact) mass is 333 g/mol. The van der Waals surface area contributed by atoms with Crippen LogP contribution < -0.4 is 16.0 Å². The largest absolute Gasteiger partial charge is 0.368 e. The first-order chi connectivity index (χ1) is 7.70. The van der Waals surface area contributed by atoms with E-state index in [-0.39, 0.29) is 11.9 Å². The van der Waals surface area contributed by atoms with Gasteiger partial charge in [-0.15, -0.1) is 0 Å². The second-order valence-corrected chi connectivity index (χ2v) is 4.67. The van der Waals surface area contributed by atoms with Gasteiger partial charge >= 0.3 is 0 Å². The fourth-order valence-corrected chi connectivity index (χ4v) is 2.34. The maximum absolute atomic E-state index is 11.3. The summed E-state index contributed by atoms with van der Waals surface area (Å²) in [6, 6.07) is -0.336. The summed E-state index contributed by atoms with van der Waals surface area (Å²) >= 11 is 2.16. The van der Waals surface area contributed by atoms with Gasteiger partial charge in [0.05, 0.1) is 3.57 Å². The number of hydrogen-bond donors (Lipinski definition) is 2. The normalized spacial score (nSPS) is 20.8. The van der Waals surface area contributed by atoms with Crippen LogP contribution in [0.1, 0.15) is 0 Å². The Bertz CT molecular complexity index is 399. The molecule has 16 heavy (non-hydrogen) atoms. The van der Waals surface area contributed by atoms with Gasteiger partial charge in [-0.2, -0.15) is 0 Å². The second-order valence-electron chi connectivity index (χ2n) is 3.51. The van der Waals surface area contributed by atoms with Crippen molar-refractivity contribution in [2.45, 2.75) is 6.04 Å². The molecule has 0 spiro atoms. The van der Waals surface area contributed by atoms with E-state index in [1.807, 2.05) is 4.90 Å². The lowest BCUT2D eigenvalue weighted by atomic mass is 10.2. The van der Waals surface area contributed by atoms with Gasteiger partial charge in [-0.1, -0.05) is 0 Å². The number of amides is 1. The van der Waals surface area contributed by atoms with E-state index in [1.54, 1.807) is 6.20 Å². The minimum Gasteiger partial charge on any atom is -0.368 e. The topological polar surface area (TPSA) is 84.1 Å². The number of carbonyl (C=O) groups excluding carboxylic acids is 1. The molecule has 86 valence electrons. The van der Waals surface area contributed by atoms with E-state index in [1.165, 1.54) is 6.33 Å². The molecular weight excluding hydrogens is 321 g/mol. The van der Waals surface area contributed by atoms with Crippen LogP contribution in [0.4, 0.5) is 5.82 Å². The molecular formula is C9H12IN5O. The predicted molar refractivity (Wildman–Crippen MR) is 67.9 cm³/mol. The van der Waals surface area contributed by atoms with Crippen LogP contribution in [-0.2, 0) is 4.79 Å². The lowest BCUT2D eigenvalue weighted by Crippen LogP contribution is -2.57. The van der Waals surface area contributed by atoms with Gasteiger partial charge in [0.15, 0.2) is 0 Å². The van der Waals surface area contributed by atoms with Crippen LogP contribution >= 0.6 is 22.6 Å². The van der Waals surface area contributed by atoms with Crippen LogP contribution in [0.15, 0.2) is 12.5 Å². The molecule has 1 atom stereocenters. The van der Waals surface area contributed by atoms with Crippen molar-refractivity contribution < 1.29 is 4.79 Å². The zero-order valence-electron chi connectivity index (χ0n) is 8.56. The van der Waals surface area contributed by atoms with Gasteiger partial charge in [-0.25, -0.2) is 9.97 Å². The minimum absolute atomic E-state index is 0.332. The summed E-state index contributed by atoms with van der Waals surface area (Å²) in [6.07, 6.45) is 3.21. The molecule has 1 aliphatic heterocycles. The van der Waals surface area contributed by atoms with Crippen molar-refractivity contribution >= 4 is 34.3 Å². The zero-order valence-corrected chi connectivity index (χ0v) is 10.7. The first-order valence-corrected chi connectivity index (χ1v) is 6.00. The van der Waals surface area contributed by atoms with E-state index in [9.17, 15) is 4.79 Å². The number of carbonyl (C=O) groups is 1. The molecule has 0 bridgehead atoms. The van der Waals surface area contributed by atoms with Gasteiger partial charge in [-0.3, -0.25) is 4.79 Å². The van der Waals surface area contributed by atoms with Crippen molar-refractivity contribution in [3.05, 3.63) is 16.1 Å². The molecule has 1 aliphatic rings. The molecule has 3 N–H and O–H groups in total. The van der Waals surface area contributed by atoms with Gasteiger partial charge < -0.3 is 16.0 Å². The molecule has 1 saturated heterocycles. The molecule has 1 aromatic rings. The third-order valence-electron chi connectivity index (χ3n) is 2.49. The molecule has 0 aliphatic carbocycles. The van der Waals surface area contributed by atoms with E-state index < -0.39 is 0 Å². The summed E-state index contributed by atoms with van der Waals surface area (Å²) < 4.78 is 0.924. The van der Waals surface area contributed by atoms with Crippen molar-refractivity contribution in [2.24, 2.45) is 5.73 Å². The molecule has 0 radical (unpaired) electrons. The first-order valence-electron chi connectivity index (χ1n) is 4.92. The highest BCUT2D eigenvalue weighted by Gasteiger charge is 2.28. The van der Waals surface area contributed by atoms with Crippen molar-refractivity contribution in [3.63, 3.8) is 0 Å². The van der Waals surface area contributed by atoms with Gasteiger partial charge in [0.2, 0.25) is 5.91 Å². The molecule has 0 saturated carbocycles. The Labute approximate surface area is 107 Å². The number of aromatic nitrogens is 2. The number of rotatable bonds is 2. The Kier molecular flexibility index (Phi) is 3.54. The van der Waals surface area contributed by atoms with Gasteiger partial charge in [0, 0.05) is 25.8 Å². The van der Waals surface area contributed by atoms with Crippen molar-refractivity contribution in [1.82, 2.24) is 15.3 Å². The van der Waals surface area contributed by atoms with E-state index in [2.05, 4.69) is 37.9 Å². The molecule has 7 heteroatoms. The zero-order chi connectivity index (χ0) is 11.5. The predicted octanol–water partition coefficient (Wildman–Crippen LogP) is -0.655. The Morgan fingerprint density at radius 3 is 3.19 bits per heavy atom. The molecule has 1 fully saturated rings. The molecule has 1 aromatic heterocycles. The third kappa shape index (κ3) is 2.24. The summed E-state index contributed by atoms with van der Waals surface area (Å²) in [7, 11) is 0. The summed E-state index contributed by atoms with van der Waals surface area (Å²) in [5, 5.41) is 3.15. The van der Waals surface area contributed by atoms with Crippen LogP contribution in [0, 0.1) is 3.57 Å². The van der Waals surface area contributed by atoms with Gasteiger partial charge in [-0.05, 0) is 22.6 Å². The molecule has 1 amide bonds. The summed E-state index contributed by atoms with van der Waals surface area (Å²) in [4.78, 5) is 21.4. The second kappa shape index (κ2) is 4.91. The summed E-state index contributed by atoms with van der Waals surface area (Å²) in [5.74, 6) is 0.447. The van der Waals surface area contributed by atoms with E-state index >= 15 is 0 Å². The average molecular weight is 333 g/mol. The van der Waals surface area contributed by atoms with Crippen LogP contribution in [0.3, 0.4) is 0 Å². The number of nitrogens with two attached hydrogens (primary N) is 1. The number of nitrogens with one attached hydrogen (secondary N) is 1. The van der Waals surface area contributed by atoms with Crippen molar-refractivity contribution in [1.29, 1.82) is 0 Å². The molecule has 2 heterocycles. The van der Waals surface area contributed by atoms with Gasteiger partial charge in [0.25, 0.3) is 0 Å². The molecule has 0 aromatic carbocycles. The molecule has 1 unspecified atom stereocenters. The highest BCUT2D eigenvalue weighted by molar-refractivity contribution is 14.1. The van der Waals surface area contributed by atoms with E-state index in [4.69, 9.17) is 5.73 Å². The lowest BCUT2D eigenvalue weighted by molar-refractivity contribution is -0.119. The average Bonchev–Trinajstić information content (AvgIpc) is 2.29. The fourth-order valence-electron chi connectivity index (χ4n) is 1.73. The highest BCUT2D eigenvalue weighted by atomic mass is 127. The third-order valence-corrected chi connectivity index (χ3v) is 3.25. The number of piperazine rings is 1. The van der Waals surface area contributed by atoms with Gasteiger partial charge in [0.1, 0.15) is 18.2 Å². The van der Waals surface area contributed by atoms with Crippen molar-refractivity contribution in [2.75, 3.05) is 24.5 Å². The Balaban J connectivity index is 2.30. The molecule has 2 rings (SSSR count). The first kappa shape index (κ1) is 11.5. The quantitative estimate of drug-likeness (QED) is 0.703. The lowest BCUT2D eigenvalue weighted by Gasteiger charge is -2.35. The van der Waals surface area contributed by atoms with Crippen LogP contribution in [0.2, 0.25) is 0 Å². The summed E-state index contributed by atoms with van der Waals surface area (Å²) in [6.45, 7) is 2.11. The molecule has 6 nitrogen and oxygen atoms in total. The Morgan fingerprint density at radius 2 is 2.50 bits per heavy atom. The smallest absolute Gasteiger partial charge is 0.241 e. The maximum atomic E-state index is 11.3. The van der Waals surface area contributed by atoms with Crippen LogP contribution in [0.5, 0.6) is 0 Å². The SMILES string of the molecule is NC(=O)C1CNCCN1c1ncncc1I. The van der Waals surface area contributed by atoms with E-state index in [0.29, 0.717) is 6.54 Å². The number of primary amides is 1. The van der Waals surface area contributed by atoms with Crippen molar-refractivity contribution in [3.8, 4) is 0 Å². The Morgan fingerprint density at radius 1 is 1.69 bits per heavy atom. The minimum atomic E-state index is -0.336. The maximum Gasteiger partial charge on any atom is 0.241 e. The van der Waals surface area contributed by atoms with E-state index in [0.717, 1.165) is 22.5 Å². The van der Waals surface area contributed by atoms with Crippen LogP contribution in [-0.4, -0.2) is 41.6 Å². The standard InChI is InChI=1S/C9H12IN5O/c10-6-3-13-5-14-9(6)15-2-1-12-4-7(15)8(11)16/h3,5,7,12H,1-2,4H2,(H2,11,16). The highest BCUT2D eigenvalue weighted by Crippen LogP contribution is 2.21. The fraction of sp³-hybridized carbons (Fsp3) is 0.444. The van der Waals surface area contributed by atoms with Crippen LogP contribution in [0.25, 0.3) is 0 Å².